The lowest BCUT2D eigenvalue weighted by atomic mass is 10.1. The van der Waals surface area contributed by atoms with Gasteiger partial charge in [-0.05, 0) is 42.8 Å². The van der Waals surface area contributed by atoms with Crippen LogP contribution in [0.1, 0.15) is 38.2 Å². The van der Waals surface area contributed by atoms with E-state index < -0.39 is 0 Å². The average molecular weight is 458 g/mol. The highest BCUT2D eigenvalue weighted by atomic mass is 35.5. The molecule has 0 saturated heterocycles. The van der Waals surface area contributed by atoms with Crippen LogP contribution >= 0.6 is 11.6 Å². The van der Waals surface area contributed by atoms with Gasteiger partial charge >= 0.3 is 0 Å². The molecule has 0 fully saturated rings. The summed E-state index contributed by atoms with van der Waals surface area (Å²) in [6, 6.07) is 27.7. The Hall–Kier alpha value is -3.37. The van der Waals surface area contributed by atoms with Gasteiger partial charge in [-0.25, -0.2) is 9.67 Å². The Bertz CT molecular complexity index is 1180. The van der Waals surface area contributed by atoms with E-state index in [0.717, 1.165) is 40.5 Å². The van der Waals surface area contributed by atoms with Crippen molar-refractivity contribution in [1.29, 1.82) is 0 Å². The van der Waals surface area contributed by atoms with Crippen LogP contribution in [0.4, 0.5) is 5.82 Å². The molecule has 5 heteroatoms. The van der Waals surface area contributed by atoms with Crippen molar-refractivity contribution in [3.05, 3.63) is 95.5 Å². The number of halogens is 1. The van der Waals surface area contributed by atoms with Crippen LogP contribution in [0.25, 0.3) is 16.9 Å². The highest BCUT2D eigenvalue weighted by Gasteiger charge is 2.11. The van der Waals surface area contributed by atoms with Crippen molar-refractivity contribution in [3.8, 4) is 22.7 Å². The number of hydrogen-bond donors (Lipinski definition) is 0. The van der Waals surface area contributed by atoms with Crippen LogP contribution in [0.5, 0.6) is 5.75 Å². The van der Waals surface area contributed by atoms with Crippen molar-refractivity contribution in [3.63, 3.8) is 0 Å². The second kappa shape index (κ2) is 11.5. The Labute approximate surface area is 200 Å². The standard InChI is InChI=1S/C28H28ClN3O/c1-2-3-4-10-19-33-27-14-9-8-11-23(27)21-30-28-20-26(22-15-17-24(29)18-16-22)31-32(28)25-12-6-5-7-13-25/h5-9,11-18,20-21H,2-4,10,19H2,1H3/b30-21+. The summed E-state index contributed by atoms with van der Waals surface area (Å²) in [5.74, 6) is 1.59. The second-order valence-electron chi connectivity index (χ2n) is 7.85. The van der Waals surface area contributed by atoms with Gasteiger partial charge in [0.15, 0.2) is 5.82 Å². The van der Waals surface area contributed by atoms with E-state index in [0.29, 0.717) is 11.6 Å². The van der Waals surface area contributed by atoms with Gasteiger partial charge in [-0.2, -0.15) is 5.10 Å². The fraction of sp³-hybridized carbons (Fsp3) is 0.214. The third-order valence-corrected chi connectivity index (χ3v) is 5.59. The van der Waals surface area contributed by atoms with E-state index in [1.165, 1.54) is 19.3 Å². The maximum absolute atomic E-state index is 6.06. The number of benzene rings is 3. The molecule has 0 saturated carbocycles. The summed E-state index contributed by atoms with van der Waals surface area (Å²) in [6.45, 7) is 2.93. The summed E-state index contributed by atoms with van der Waals surface area (Å²) >= 11 is 6.06. The monoisotopic (exact) mass is 457 g/mol. The maximum atomic E-state index is 6.06. The summed E-state index contributed by atoms with van der Waals surface area (Å²) in [4.78, 5) is 4.80. The van der Waals surface area contributed by atoms with E-state index in [9.17, 15) is 0 Å². The van der Waals surface area contributed by atoms with Crippen LogP contribution in [0.3, 0.4) is 0 Å². The predicted molar refractivity (Wildman–Crippen MR) is 137 cm³/mol. The lowest BCUT2D eigenvalue weighted by Crippen LogP contribution is -2.00. The average Bonchev–Trinajstić information content (AvgIpc) is 3.28. The lowest BCUT2D eigenvalue weighted by molar-refractivity contribution is 0.304. The molecule has 4 rings (SSSR count). The Morgan fingerprint density at radius 2 is 1.67 bits per heavy atom. The number of aliphatic imine (C=N–C) groups is 1. The molecular formula is C28H28ClN3O. The predicted octanol–water partition coefficient (Wildman–Crippen LogP) is 7.90. The summed E-state index contributed by atoms with van der Waals surface area (Å²) in [5, 5.41) is 5.52. The molecule has 4 aromatic rings. The molecule has 1 heterocycles. The number of para-hydroxylation sites is 2. The first kappa shape index (κ1) is 22.8. The van der Waals surface area contributed by atoms with E-state index in [1.807, 2.05) is 95.8 Å². The van der Waals surface area contributed by atoms with Gasteiger partial charge in [-0.15, -0.1) is 0 Å². The number of ether oxygens (including phenoxy) is 1. The number of hydrogen-bond acceptors (Lipinski definition) is 3. The van der Waals surface area contributed by atoms with E-state index in [4.69, 9.17) is 26.4 Å². The zero-order chi connectivity index (χ0) is 22.9. The molecule has 4 nitrogen and oxygen atoms in total. The molecule has 0 aliphatic carbocycles. The van der Waals surface area contributed by atoms with Crippen molar-refractivity contribution in [1.82, 2.24) is 9.78 Å². The third kappa shape index (κ3) is 6.11. The fourth-order valence-corrected chi connectivity index (χ4v) is 3.68. The molecule has 0 N–H and O–H groups in total. The van der Waals surface area contributed by atoms with E-state index >= 15 is 0 Å². The summed E-state index contributed by atoms with van der Waals surface area (Å²) in [6.07, 6.45) is 6.56. The highest BCUT2D eigenvalue weighted by Crippen LogP contribution is 2.28. The van der Waals surface area contributed by atoms with Gasteiger partial charge in [0.05, 0.1) is 18.0 Å². The first-order chi connectivity index (χ1) is 16.2. The van der Waals surface area contributed by atoms with Crippen molar-refractivity contribution in [2.75, 3.05) is 6.61 Å². The van der Waals surface area contributed by atoms with Gasteiger partial charge < -0.3 is 4.74 Å². The van der Waals surface area contributed by atoms with Crippen molar-refractivity contribution in [2.45, 2.75) is 32.6 Å². The number of unbranched alkanes of at least 4 members (excludes halogenated alkanes) is 3. The molecule has 168 valence electrons. The Kier molecular flexibility index (Phi) is 7.94. The zero-order valence-corrected chi connectivity index (χ0v) is 19.6. The first-order valence-corrected chi connectivity index (χ1v) is 11.8. The van der Waals surface area contributed by atoms with E-state index in [2.05, 4.69) is 6.92 Å². The molecule has 0 spiro atoms. The smallest absolute Gasteiger partial charge is 0.156 e. The molecule has 0 aliphatic heterocycles. The summed E-state index contributed by atoms with van der Waals surface area (Å²) in [7, 11) is 0. The minimum Gasteiger partial charge on any atom is -0.493 e. The van der Waals surface area contributed by atoms with Gasteiger partial charge in [-0.3, -0.25) is 0 Å². The molecule has 3 aromatic carbocycles. The molecular weight excluding hydrogens is 430 g/mol. The van der Waals surface area contributed by atoms with Crippen LogP contribution in [0, 0.1) is 0 Å². The molecule has 0 aliphatic rings. The van der Waals surface area contributed by atoms with Crippen molar-refractivity contribution >= 4 is 23.6 Å². The zero-order valence-electron chi connectivity index (χ0n) is 18.8. The number of rotatable bonds is 10. The molecule has 0 unspecified atom stereocenters. The molecule has 0 radical (unpaired) electrons. The normalized spacial score (nSPS) is 11.2. The lowest BCUT2D eigenvalue weighted by Gasteiger charge is -2.09. The molecule has 33 heavy (non-hydrogen) atoms. The van der Waals surface area contributed by atoms with Crippen LogP contribution in [-0.4, -0.2) is 22.6 Å². The second-order valence-corrected chi connectivity index (χ2v) is 8.28. The molecule has 0 amide bonds. The van der Waals surface area contributed by atoms with Gasteiger partial charge in [-0.1, -0.05) is 80.3 Å². The van der Waals surface area contributed by atoms with Crippen LogP contribution in [0.15, 0.2) is 89.9 Å². The van der Waals surface area contributed by atoms with Crippen molar-refractivity contribution in [2.24, 2.45) is 4.99 Å². The van der Waals surface area contributed by atoms with Crippen LogP contribution in [0.2, 0.25) is 5.02 Å². The minimum absolute atomic E-state index is 0.700. The molecule has 1 aromatic heterocycles. The van der Waals surface area contributed by atoms with Gasteiger partial charge in [0.1, 0.15) is 5.75 Å². The fourth-order valence-electron chi connectivity index (χ4n) is 3.55. The van der Waals surface area contributed by atoms with Gasteiger partial charge in [0.25, 0.3) is 0 Å². The number of aromatic nitrogens is 2. The Morgan fingerprint density at radius 1 is 0.909 bits per heavy atom. The highest BCUT2D eigenvalue weighted by molar-refractivity contribution is 6.30. The topological polar surface area (TPSA) is 39.4 Å². The van der Waals surface area contributed by atoms with E-state index in [-0.39, 0.29) is 0 Å². The largest absolute Gasteiger partial charge is 0.493 e. The Balaban J connectivity index is 1.62. The first-order valence-electron chi connectivity index (χ1n) is 11.4. The summed E-state index contributed by atoms with van der Waals surface area (Å²) in [5.41, 5.74) is 3.72. The summed E-state index contributed by atoms with van der Waals surface area (Å²) < 4.78 is 7.90. The Morgan fingerprint density at radius 3 is 2.45 bits per heavy atom. The molecule has 0 atom stereocenters. The van der Waals surface area contributed by atoms with E-state index in [1.54, 1.807) is 0 Å². The van der Waals surface area contributed by atoms with Crippen LogP contribution in [-0.2, 0) is 0 Å². The van der Waals surface area contributed by atoms with Gasteiger partial charge in [0.2, 0.25) is 0 Å². The SMILES string of the molecule is CCCCCCOc1ccccc1/C=N/c1cc(-c2ccc(Cl)cc2)nn1-c1ccccc1. The molecule has 0 bridgehead atoms. The van der Waals surface area contributed by atoms with Crippen molar-refractivity contribution < 1.29 is 4.74 Å². The minimum atomic E-state index is 0.700. The quantitative estimate of drug-likeness (QED) is 0.179. The van der Waals surface area contributed by atoms with Gasteiger partial charge in [0, 0.05) is 28.4 Å². The number of nitrogens with zero attached hydrogens (tertiary/aromatic N) is 3. The van der Waals surface area contributed by atoms with Crippen LogP contribution < -0.4 is 4.74 Å². The maximum Gasteiger partial charge on any atom is 0.156 e. The third-order valence-electron chi connectivity index (χ3n) is 5.34.